The fourth-order valence-electron chi connectivity index (χ4n) is 2.87. The molecule has 0 aliphatic carbocycles. The van der Waals surface area contributed by atoms with Gasteiger partial charge in [-0.05, 0) is 56.5 Å². The first-order chi connectivity index (χ1) is 13.1. The lowest BCUT2D eigenvalue weighted by Gasteiger charge is -2.24. The van der Waals surface area contributed by atoms with Crippen LogP contribution in [0.4, 0.5) is 5.69 Å². The van der Waals surface area contributed by atoms with Gasteiger partial charge in [0.25, 0.3) is 0 Å². The zero-order chi connectivity index (χ0) is 20.9. The highest BCUT2D eigenvalue weighted by Gasteiger charge is 2.22. The van der Waals surface area contributed by atoms with Crippen molar-refractivity contribution in [1.82, 2.24) is 5.32 Å². The Hall–Kier alpha value is -2.54. The number of aryl methyl sites for hydroxylation is 4. The van der Waals surface area contributed by atoms with Gasteiger partial charge in [0.2, 0.25) is 15.9 Å². The number of rotatable bonds is 8. The van der Waals surface area contributed by atoms with Crippen molar-refractivity contribution in [3.05, 3.63) is 58.7 Å². The number of ether oxygens (including phenoxy) is 1. The molecule has 0 fully saturated rings. The smallest absolute Gasteiger partial charge is 0.240 e. The molecule has 0 bridgehead atoms. The Morgan fingerprint density at radius 1 is 1.00 bits per heavy atom. The van der Waals surface area contributed by atoms with Gasteiger partial charge in [-0.15, -0.1) is 0 Å². The monoisotopic (exact) mass is 404 g/mol. The molecule has 0 saturated heterocycles. The molecule has 6 nitrogen and oxygen atoms in total. The normalized spacial score (nSPS) is 11.2. The Morgan fingerprint density at radius 3 is 2.29 bits per heavy atom. The predicted octanol–water partition coefficient (Wildman–Crippen LogP) is 2.88. The highest BCUT2D eigenvalue weighted by molar-refractivity contribution is 7.92. The van der Waals surface area contributed by atoms with Gasteiger partial charge in [-0.2, -0.15) is 0 Å². The van der Waals surface area contributed by atoms with Crippen molar-refractivity contribution in [1.29, 1.82) is 0 Å². The van der Waals surface area contributed by atoms with Crippen LogP contribution in [0.1, 0.15) is 22.3 Å². The second-order valence-electron chi connectivity index (χ2n) is 7.03. The zero-order valence-corrected chi connectivity index (χ0v) is 17.9. The minimum absolute atomic E-state index is 0.271. The molecular formula is C21H28N2O4S. The molecule has 0 aliphatic heterocycles. The third kappa shape index (κ3) is 5.99. The number of amides is 1. The largest absolute Gasteiger partial charge is 0.491 e. The minimum atomic E-state index is -3.59. The summed E-state index contributed by atoms with van der Waals surface area (Å²) < 4.78 is 31.3. The van der Waals surface area contributed by atoms with Crippen molar-refractivity contribution in [2.45, 2.75) is 27.7 Å². The van der Waals surface area contributed by atoms with E-state index in [4.69, 9.17) is 4.74 Å². The molecular weight excluding hydrogens is 376 g/mol. The van der Waals surface area contributed by atoms with E-state index in [0.29, 0.717) is 12.3 Å². The molecule has 1 amide bonds. The van der Waals surface area contributed by atoms with Crippen LogP contribution in [0.15, 0.2) is 36.4 Å². The maximum atomic E-state index is 12.3. The highest BCUT2D eigenvalue weighted by Crippen LogP contribution is 2.23. The highest BCUT2D eigenvalue weighted by atomic mass is 32.2. The first-order valence-corrected chi connectivity index (χ1v) is 10.9. The Balaban J connectivity index is 1.96. The molecule has 0 unspecified atom stereocenters. The molecule has 0 radical (unpaired) electrons. The molecule has 0 spiro atoms. The Morgan fingerprint density at radius 2 is 1.64 bits per heavy atom. The molecule has 2 aromatic carbocycles. The number of sulfonamides is 1. The predicted molar refractivity (Wildman–Crippen MR) is 113 cm³/mol. The number of hydrogen-bond acceptors (Lipinski definition) is 4. The van der Waals surface area contributed by atoms with Crippen LogP contribution in [-0.4, -0.2) is 40.3 Å². The van der Waals surface area contributed by atoms with E-state index >= 15 is 0 Å². The molecule has 2 aromatic rings. The summed E-state index contributed by atoms with van der Waals surface area (Å²) in [6.07, 6.45) is 1.10. The van der Waals surface area contributed by atoms with Crippen LogP contribution in [0.25, 0.3) is 0 Å². The summed E-state index contributed by atoms with van der Waals surface area (Å²) in [5.74, 6) is 0.392. The van der Waals surface area contributed by atoms with Crippen molar-refractivity contribution in [2.24, 2.45) is 0 Å². The SMILES string of the molecule is Cc1ccc(OCCNC(=O)CN(c2cc(C)ccc2C)S(C)(=O)=O)c(C)c1. The Kier molecular flexibility index (Phi) is 7.07. The van der Waals surface area contributed by atoms with Gasteiger partial charge < -0.3 is 10.1 Å². The zero-order valence-electron chi connectivity index (χ0n) is 17.1. The van der Waals surface area contributed by atoms with Crippen LogP contribution in [-0.2, 0) is 14.8 Å². The van der Waals surface area contributed by atoms with Crippen LogP contribution < -0.4 is 14.4 Å². The van der Waals surface area contributed by atoms with E-state index < -0.39 is 10.0 Å². The summed E-state index contributed by atoms with van der Waals surface area (Å²) in [4.78, 5) is 12.3. The maximum absolute atomic E-state index is 12.3. The molecule has 0 aliphatic rings. The maximum Gasteiger partial charge on any atom is 0.240 e. The third-order valence-corrected chi connectivity index (χ3v) is 5.46. The van der Waals surface area contributed by atoms with Gasteiger partial charge in [0.05, 0.1) is 18.5 Å². The number of carbonyl (C=O) groups excluding carboxylic acids is 1. The van der Waals surface area contributed by atoms with Gasteiger partial charge in [0, 0.05) is 0 Å². The standard InChI is InChI=1S/C21H28N2O4S/c1-15-7-9-20(18(4)12-15)27-11-10-22-21(24)14-23(28(5,25)26)19-13-16(2)6-8-17(19)3/h6-9,12-13H,10-11,14H2,1-5H3,(H,22,24). The Labute approximate surface area is 167 Å². The molecule has 2 rings (SSSR count). The van der Waals surface area contributed by atoms with Crippen LogP contribution in [0, 0.1) is 27.7 Å². The van der Waals surface area contributed by atoms with Gasteiger partial charge in [0.1, 0.15) is 18.9 Å². The molecule has 0 atom stereocenters. The van der Waals surface area contributed by atoms with Crippen LogP contribution in [0.3, 0.4) is 0 Å². The summed E-state index contributed by atoms with van der Waals surface area (Å²) in [6.45, 7) is 8.01. The summed E-state index contributed by atoms with van der Waals surface area (Å²) in [7, 11) is -3.59. The average Bonchev–Trinajstić information content (AvgIpc) is 2.59. The lowest BCUT2D eigenvalue weighted by molar-refractivity contribution is -0.119. The summed E-state index contributed by atoms with van der Waals surface area (Å²) in [5.41, 5.74) is 4.43. The van der Waals surface area contributed by atoms with Gasteiger partial charge in [0.15, 0.2) is 0 Å². The molecule has 152 valence electrons. The van der Waals surface area contributed by atoms with E-state index in [1.165, 1.54) is 0 Å². The fourth-order valence-corrected chi connectivity index (χ4v) is 3.77. The molecule has 0 heterocycles. The van der Waals surface area contributed by atoms with Gasteiger partial charge in [-0.3, -0.25) is 9.10 Å². The third-order valence-electron chi connectivity index (χ3n) is 4.33. The van der Waals surface area contributed by atoms with Gasteiger partial charge >= 0.3 is 0 Å². The van der Waals surface area contributed by atoms with Crippen LogP contribution in [0.5, 0.6) is 5.75 Å². The number of benzene rings is 2. The number of nitrogens with zero attached hydrogens (tertiary/aromatic N) is 1. The lowest BCUT2D eigenvalue weighted by Crippen LogP contribution is -2.41. The lowest BCUT2D eigenvalue weighted by atomic mass is 10.1. The second kappa shape index (κ2) is 9.10. The summed E-state index contributed by atoms with van der Waals surface area (Å²) >= 11 is 0. The van der Waals surface area contributed by atoms with E-state index in [9.17, 15) is 13.2 Å². The first-order valence-electron chi connectivity index (χ1n) is 9.09. The quantitative estimate of drug-likeness (QED) is 0.687. The topological polar surface area (TPSA) is 75.7 Å². The number of hydrogen-bond donors (Lipinski definition) is 1. The molecule has 1 N–H and O–H groups in total. The first kappa shape index (κ1) is 21.8. The Bertz CT molecular complexity index is 955. The molecule has 28 heavy (non-hydrogen) atoms. The average molecular weight is 405 g/mol. The molecule has 7 heteroatoms. The van der Waals surface area contributed by atoms with E-state index in [2.05, 4.69) is 5.32 Å². The molecule has 0 saturated carbocycles. The van der Waals surface area contributed by atoms with Gasteiger partial charge in [-0.25, -0.2) is 8.42 Å². The van der Waals surface area contributed by atoms with Gasteiger partial charge in [-0.1, -0.05) is 29.8 Å². The number of nitrogens with one attached hydrogen (secondary N) is 1. The van der Waals surface area contributed by atoms with Crippen molar-refractivity contribution in [3.63, 3.8) is 0 Å². The van der Waals surface area contributed by atoms with Crippen molar-refractivity contribution in [2.75, 3.05) is 30.3 Å². The molecule has 0 aromatic heterocycles. The summed E-state index contributed by atoms with van der Waals surface area (Å²) in [5, 5.41) is 2.72. The second-order valence-corrected chi connectivity index (χ2v) is 8.93. The van der Waals surface area contributed by atoms with Crippen molar-refractivity contribution >= 4 is 21.6 Å². The summed E-state index contributed by atoms with van der Waals surface area (Å²) in [6, 6.07) is 11.4. The number of anilines is 1. The number of carbonyl (C=O) groups is 1. The van der Waals surface area contributed by atoms with E-state index in [-0.39, 0.29) is 19.0 Å². The van der Waals surface area contributed by atoms with Crippen LogP contribution in [0.2, 0.25) is 0 Å². The van der Waals surface area contributed by atoms with Crippen LogP contribution >= 0.6 is 0 Å². The fraction of sp³-hybridized carbons (Fsp3) is 0.381. The van der Waals surface area contributed by atoms with E-state index in [0.717, 1.165) is 38.6 Å². The van der Waals surface area contributed by atoms with Crippen molar-refractivity contribution in [3.8, 4) is 5.75 Å². The van der Waals surface area contributed by atoms with Crippen molar-refractivity contribution < 1.29 is 17.9 Å². The minimum Gasteiger partial charge on any atom is -0.491 e. The van der Waals surface area contributed by atoms with E-state index in [1.807, 2.05) is 58.0 Å². The van der Waals surface area contributed by atoms with E-state index in [1.54, 1.807) is 6.07 Å².